The second kappa shape index (κ2) is 7.97. The Morgan fingerprint density at radius 2 is 2.08 bits per heavy atom. The SMILES string of the molecule is Cc1cccc(OC[C@@H](O)CNc2cc(N3CCCC3)ncn2)c1. The lowest BCUT2D eigenvalue weighted by Gasteiger charge is -2.17. The first-order valence-corrected chi connectivity index (χ1v) is 8.39. The van der Waals surface area contributed by atoms with Crippen molar-refractivity contribution in [3.63, 3.8) is 0 Å². The zero-order valence-electron chi connectivity index (χ0n) is 14.0. The van der Waals surface area contributed by atoms with Crippen molar-refractivity contribution in [2.75, 3.05) is 36.5 Å². The number of hydrogen-bond acceptors (Lipinski definition) is 6. The quantitative estimate of drug-likeness (QED) is 0.812. The van der Waals surface area contributed by atoms with Crippen LogP contribution in [-0.4, -0.2) is 47.4 Å². The van der Waals surface area contributed by atoms with Gasteiger partial charge in [0.1, 0.15) is 36.4 Å². The minimum atomic E-state index is -0.615. The summed E-state index contributed by atoms with van der Waals surface area (Å²) in [6.45, 7) is 4.72. The van der Waals surface area contributed by atoms with Gasteiger partial charge in [0.15, 0.2) is 0 Å². The molecule has 0 spiro atoms. The molecule has 0 aliphatic carbocycles. The van der Waals surface area contributed by atoms with Crippen LogP contribution in [-0.2, 0) is 0 Å². The second-order valence-corrected chi connectivity index (χ2v) is 6.12. The van der Waals surface area contributed by atoms with Crippen LogP contribution in [0.25, 0.3) is 0 Å². The van der Waals surface area contributed by atoms with E-state index in [2.05, 4.69) is 20.2 Å². The van der Waals surface area contributed by atoms with Gasteiger partial charge >= 0.3 is 0 Å². The summed E-state index contributed by atoms with van der Waals surface area (Å²) in [6.07, 6.45) is 3.37. The van der Waals surface area contributed by atoms with E-state index < -0.39 is 6.10 Å². The molecule has 2 aromatic rings. The van der Waals surface area contributed by atoms with Crippen LogP contribution in [0.5, 0.6) is 5.75 Å². The number of hydrogen-bond donors (Lipinski definition) is 2. The van der Waals surface area contributed by atoms with Crippen LogP contribution in [0.3, 0.4) is 0 Å². The van der Waals surface area contributed by atoms with Gasteiger partial charge in [0, 0.05) is 25.7 Å². The van der Waals surface area contributed by atoms with Crippen LogP contribution in [0.15, 0.2) is 36.7 Å². The maximum Gasteiger partial charge on any atom is 0.134 e. The van der Waals surface area contributed by atoms with Crippen LogP contribution in [0, 0.1) is 6.92 Å². The van der Waals surface area contributed by atoms with Crippen LogP contribution in [0.2, 0.25) is 0 Å². The summed E-state index contributed by atoms with van der Waals surface area (Å²) >= 11 is 0. The van der Waals surface area contributed by atoms with E-state index in [1.807, 2.05) is 37.3 Å². The number of aliphatic hydroxyl groups excluding tert-OH is 1. The average Bonchev–Trinajstić information content (AvgIpc) is 3.13. The molecule has 128 valence electrons. The van der Waals surface area contributed by atoms with E-state index in [1.165, 1.54) is 12.8 Å². The lowest BCUT2D eigenvalue weighted by Crippen LogP contribution is -2.27. The van der Waals surface area contributed by atoms with Crippen molar-refractivity contribution >= 4 is 11.6 Å². The Morgan fingerprint density at radius 3 is 2.88 bits per heavy atom. The maximum atomic E-state index is 10.1. The molecule has 1 aromatic heterocycles. The fourth-order valence-electron chi connectivity index (χ4n) is 2.74. The highest BCUT2D eigenvalue weighted by Gasteiger charge is 2.14. The monoisotopic (exact) mass is 328 g/mol. The molecule has 1 fully saturated rings. The number of aryl methyl sites for hydroxylation is 1. The number of nitrogens with one attached hydrogen (secondary N) is 1. The molecule has 3 rings (SSSR count). The fraction of sp³-hybridized carbons (Fsp3) is 0.444. The summed E-state index contributed by atoms with van der Waals surface area (Å²) in [5.74, 6) is 2.43. The molecule has 1 aromatic carbocycles. The molecule has 6 heteroatoms. The van der Waals surface area contributed by atoms with Crippen LogP contribution in [0.4, 0.5) is 11.6 Å². The summed E-state index contributed by atoms with van der Waals surface area (Å²) in [6, 6.07) is 9.72. The lowest BCUT2D eigenvalue weighted by molar-refractivity contribution is 0.117. The van der Waals surface area contributed by atoms with Gasteiger partial charge in [0.25, 0.3) is 0 Å². The van der Waals surface area contributed by atoms with Gasteiger partial charge in [-0.1, -0.05) is 12.1 Å². The lowest BCUT2D eigenvalue weighted by atomic mass is 10.2. The number of anilines is 2. The largest absolute Gasteiger partial charge is 0.491 e. The number of aliphatic hydroxyl groups is 1. The van der Waals surface area contributed by atoms with E-state index in [4.69, 9.17) is 4.74 Å². The third-order valence-electron chi connectivity index (χ3n) is 4.03. The number of nitrogens with zero attached hydrogens (tertiary/aromatic N) is 3. The summed E-state index contributed by atoms with van der Waals surface area (Å²) in [7, 11) is 0. The van der Waals surface area contributed by atoms with Gasteiger partial charge in [-0.05, 0) is 37.5 Å². The molecule has 6 nitrogen and oxygen atoms in total. The highest BCUT2D eigenvalue weighted by molar-refractivity contribution is 5.48. The average molecular weight is 328 g/mol. The van der Waals surface area contributed by atoms with Crippen molar-refractivity contribution in [2.45, 2.75) is 25.9 Å². The summed E-state index contributed by atoms with van der Waals surface area (Å²) < 4.78 is 5.61. The molecule has 2 N–H and O–H groups in total. The van der Waals surface area contributed by atoms with E-state index in [-0.39, 0.29) is 6.61 Å². The van der Waals surface area contributed by atoms with Crippen molar-refractivity contribution in [3.8, 4) is 5.75 Å². The highest BCUT2D eigenvalue weighted by Crippen LogP contribution is 2.19. The fourth-order valence-corrected chi connectivity index (χ4v) is 2.74. The normalized spacial score (nSPS) is 15.3. The van der Waals surface area contributed by atoms with Gasteiger partial charge in [-0.3, -0.25) is 0 Å². The molecule has 0 bridgehead atoms. The molecule has 2 heterocycles. The molecule has 1 aliphatic rings. The molecule has 0 radical (unpaired) electrons. The summed E-state index contributed by atoms with van der Waals surface area (Å²) in [5.41, 5.74) is 1.13. The van der Waals surface area contributed by atoms with Gasteiger partial charge in [0.05, 0.1) is 0 Å². The summed E-state index contributed by atoms with van der Waals surface area (Å²) in [5, 5.41) is 13.2. The molecule has 0 unspecified atom stereocenters. The Bertz CT molecular complexity index is 659. The molecular weight excluding hydrogens is 304 g/mol. The molecule has 24 heavy (non-hydrogen) atoms. The highest BCUT2D eigenvalue weighted by atomic mass is 16.5. The predicted octanol–water partition coefficient (Wildman–Crippen LogP) is 2.24. The zero-order valence-corrected chi connectivity index (χ0v) is 14.0. The standard InChI is InChI=1S/C18H24N4O2/c1-14-5-4-6-16(9-14)24-12-15(23)11-19-17-10-18(21-13-20-17)22-7-2-3-8-22/h4-6,9-10,13,15,23H,2-3,7-8,11-12H2,1H3,(H,19,20,21)/t15-/m0/s1. The Balaban J connectivity index is 1.47. The van der Waals surface area contributed by atoms with Crippen molar-refractivity contribution in [1.82, 2.24) is 9.97 Å². The number of ether oxygens (including phenoxy) is 1. The van der Waals surface area contributed by atoms with Gasteiger partial charge < -0.3 is 20.1 Å². The third kappa shape index (κ3) is 4.58. The van der Waals surface area contributed by atoms with Crippen LogP contribution >= 0.6 is 0 Å². The predicted molar refractivity (Wildman–Crippen MR) is 94.6 cm³/mol. The molecule has 1 saturated heterocycles. The van der Waals surface area contributed by atoms with E-state index >= 15 is 0 Å². The number of benzene rings is 1. The number of aromatic nitrogens is 2. The smallest absolute Gasteiger partial charge is 0.134 e. The topological polar surface area (TPSA) is 70.5 Å². The van der Waals surface area contributed by atoms with Gasteiger partial charge in [-0.2, -0.15) is 0 Å². The minimum absolute atomic E-state index is 0.237. The molecule has 0 saturated carbocycles. The Labute approximate surface area is 142 Å². The summed E-state index contributed by atoms with van der Waals surface area (Å²) in [4.78, 5) is 10.8. The van der Waals surface area contributed by atoms with Crippen molar-refractivity contribution in [1.29, 1.82) is 0 Å². The number of rotatable bonds is 7. The van der Waals surface area contributed by atoms with E-state index in [0.717, 1.165) is 36.0 Å². The molecule has 0 amide bonds. The first-order chi connectivity index (χ1) is 11.7. The Morgan fingerprint density at radius 1 is 1.25 bits per heavy atom. The maximum absolute atomic E-state index is 10.1. The first-order valence-electron chi connectivity index (χ1n) is 8.39. The second-order valence-electron chi connectivity index (χ2n) is 6.12. The van der Waals surface area contributed by atoms with Gasteiger partial charge in [-0.15, -0.1) is 0 Å². The van der Waals surface area contributed by atoms with E-state index in [9.17, 15) is 5.11 Å². The zero-order chi connectivity index (χ0) is 16.8. The van der Waals surface area contributed by atoms with Crippen molar-refractivity contribution in [3.05, 3.63) is 42.2 Å². The first kappa shape index (κ1) is 16.5. The third-order valence-corrected chi connectivity index (χ3v) is 4.03. The van der Waals surface area contributed by atoms with Crippen LogP contribution in [0.1, 0.15) is 18.4 Å². The van der Waals surface area contributed by atoms with Crippen molar-refractivity contribution < 1.29 is 9.84 Å². The molecule has 1 aliphatic heterocycles. The molecule has 1 atom stereocenters. The Hall–Kier alpha value is -2.34. The van der Waals surface area contributed by atoms with Crippen molar-refractivity contribution in [2.24, 2.45) is 0 Å². The Kier molecular flexibility index (Phi) is 5.48. The minimum Gasteiger partial charge on any atom is -0.491 e. The van der Waals surface area contributed by atoms with E-state index in [1.54, 1.807) is 6.33 Å². The van der Waals surface area contributed by atoms with Crippen LogP contribution < -0.4 is 15.0 Å². The van der Waals surface area contributed by atoms with Gasteiger partial charge in [0.2, 0.25) is 0 Å². The van der Waals surface area contributed by atoms with Gasteiger partial charge in [-0.25, -0.2) is 9.97 Å². The molecular formula is C18H24N4O2. The van der Waals surface area contributed by atoms with E-state index in [0.29, 0.717) is 6.54 Å².